The van der Waals surface area contributed by atoms with E-state index < -0.39 is 11.8 Å². The van der Waals surface area contributed by atoms with Crippen LogP contribution in [-0.4, -0.2) is 36.7 Å². The van der Waals surface area contributed by atoms with E-state index in [1.807, 2.05) is 32.0 Å². The van der Waals surface area contributed by atoms with Crippen LogP contribution < -0.4 is 20.7 Å². The zero-order valence-corrected chi connectivity index (χ0v) is 21.8. The number of ether oxygens (including phenoxy) is 1. The van der Waals surface area contributed by atoms with Gasteiger partial charge in [-0.1, -0.05) is 13.8 Å². The number of aromatic nitrogens is 5. The van der Waals surface area contributed by atoms with Crippen LogP contribution in [0.15, 0.2) is 73.2 Å². The maximum Gasteiger partial charge on any atom is 0.324 e. The summed E-state index contributed by atoms with van der Waals surface area (Å²) in [6.07, 6.45) is 4.63. The molecule has 0 aliphatic heterocycles. The molecule has 0 spiro atoms. The van der Waals surface area contributed by atoms with E-state index in [4.69, 9.17) is 4.74 Å². The lowest BCUT2D eigenvalue weighted by molar-refractivity contribution is -0.114. The number of pyridine rings is 1. The Kier molecular flexibility index (Phi) is 7.31. The number of hydrogen-bond donors (Lipinski definition) is 3. The van der Waals surface area contributed by atoms with Crippen molar-refractivity contribution in [2.24, 2.45) is 0 Å². The highest BCUT2D eigenvalue weighted by Crippen LogP contribution is 2.28. The number of amides is 3. The average molecular weight is 541 g/mol. The smallest absolute Gasteiger partial charge is 0.324 e. The maximum atomic E-state index is 14.6. The van der Waals surface area contributed by atoms with Crippen molar-refractivity contribution in [1.82, 2.24) is 24.7 Å². The number of carbonyl (C=O) groups is 2. The van der Waals surface area contributed by atoms with Gasteiger partial charge in [-0.05, 0) is 48.4 Å². The molecule has 0 fully saturated rings. The molecule has 3 heterocycles. The van der Waals surface area contributed by atoms with Gasteiger partial charge in [0.05, 0.1) is 34.3 Å². The first kappa shape index (κ1) is 26.2. The van der Waals surface area contributed by atoms with Crippen molar-refractivity contribution in [1.29, 1.82) is 0 Å². The van der Waals surface area contributed by atoms with Gasteiger partial charge in [0.2, 0.25) is 5.91 Å². The highest BCUT2D eigenvalue weighted by atomic mass is 19.1. The largest absolute Gasteiger partial charge is 0.456 e. The summed E-state index contributed by atoms with van der Waals surface area (Å²) in [6, 6.07) is 13.7. The number of nitrogens with zero attached hydrogens (tertiary/aromatic N) is 5. The van der Waals surface area contributed by atoms with Crippen LogP contribution in [0.4, 0.5) is 26.5 Å². The van der Waals surface area contributed by atoms with Crippen molar-refractivity contribution in [3.05, 3.63) is 84.7 Å². The van der Waals surface area contributed by atoms with Crippen LogP contribution in [0.1, 0.15) is 32.4 Å². The minimum atomic E-state index is -0.672. The number of anilines is 3. The fourth-order valence-electron chi connectivity index (χ4n) is 3.82. The highest BCUT2D eigenvalue weighted by molar-refractivity contribution is 5.99. The Hall–Kier alpha value is -5.39. The Morgan fingerprint density at radius 1 is 0.875 bits per heavy atom. The van der Waals surface area contributed by atoms with Crippen molar-refractivity contribution in [2.75, 3.05) is 16.0 Å². The van der Waals surface area contributed by atoms with Gasteiger partial charge in [-0.15, -0.1) is 0 Å². The van der Waals surface area contributed by atoms with E-state index in [9.17, 15) is 14.0 Å². The monoisotopic (exact) mass is 540 g/mol. The van der Waals surface area contributed by atoms with Gasteiger partial charge in [0.1, 0.15) is 29.0 Å². The molecule has 2 aromatic carbocycles. The van der Waals surface area contributed by atoms with Crippen molar-refractivity contribution >= 4 is 40.3 Å². The molecule has 0 atom stereocenters. The standard InChI is InChI=1S/C28H25FN8O3/c1-16(2)23-14-27(37(36-23)18-4-8-22-25(12-18)31-11-10-30-22)35-28(39)34-24-13-19(5-7-21(24)29)40-20-6-9-26(32-15-20)33-17(3)38/h4-16H,1-3H3,(H,32,33,38)(H2,34,35,39). The lowest BCUT2D eigenvalue weighted by Gasteiger charge is -2.12. The fourth-order valence-corrected chi connectivity index (χ4v) is 3.82. The van der Waals surface area contributed by atoms with Crippen molar-refractivity contribution in [3.8, 4) is 17.2 Å². The number of benzene rings is 2. The van der Waals surface area contributed by atoms with Crippen LogP contribution in [0.2, 0.25) is 0 Å². The second-order valence-electron chi connectivity index (χ2n) is 9.13. The number of fused-ring (bicyclic) bond motifs is 1. The summed E-state index contributed by atoms with van der Waals surface area (Å²) in [6.45, 7) is 5.36. The molecule has 0 radical (unpaired) electrons. The number of rotatable bonds is 7. The van der Waals surface area contributed by atoms with Crippen molar-refractivity contribution < 1.29 is 18.7 Å². The molecule has 3 aromatic heterocycles. The van der Waals surface area contributed by atoms with Crippen LogP contribution in [0.25, 0.3) is 16.7 Å². The number of halogens is 1. The summed E-state index contributed by atoms with van der Waals surface area (Å²) in [5.41, 5.74) is 2.75. The van der Waals surface area contributed by atoms with Crippen LogP contribution in [0.3, 0.4) is 0 Å². The van der Waals surface area contributed by atoms with Crippen LogP contribution in [-0.2, 0) is 4.79 Å². The van der Waals surface area contributed by atoms with Crippen molar-refractivity contribution in [3.63, 3.8) is 0 Å². The Morgan fingerprint density at radius 3 is 2.38 bits per heavy atom. The predicted molar refractivity (Wildman–Crippen MR) is 148 cm³/mol. The van der Waals surface area contributed by atoms with Crippen LogP contribution >= 0.6 is 0 Å². The maximum absolute atomic E-state index is 14.6. The van der Waals surface area contributed by atoms with E-state index >= 15 is 0 Å². The average Bonchev–Trinajstić information content (AvgIpc) is 3.35. The molecular formula is C28H25FN8O3. The number of carbonyl (C=O) groups excluding carboxylic acids is 2. The third kappa shape index (κ3) is 6.01. The summed E-state index contributed by atoms with van der Waals surface area (Å²) >= 11 is 0. The molecule has 0 saturated heterocycles. The van der Waals surface area contributed by atoms with Crippen molar-refractivity contribution in [2.45, 2.75) is 26.7 Å². The van der Waals surface area contributed by atoms with E-state index in [0.29, 0.717) is 28.6 Å². The zero-order chi connectivity index (χ0) is 28.2. The summed E-state index contributed by atoms with van der Waals surface area (Å²) < 4.78 is 21.9. The van der Waals surface area contributed by atoms with Gasteiger partial charge in [-0.3, -0.25) is 20.1 Å². The Bertz CT molecular complexity index is 1700. The quantitative estimate of drug-likeness (QED) is 0.235. The molecule has 3 N–H and O–H groups in total. The van der Waals surface area contributed by atoms with Gasteiger partial charge in [0.15, 0.2) is 0 Å². The fraction of sp³-hybridized carbons (Fsp3) is 0.143. The Morgan fingerprint density at radius 2 is 1.65 bits per heavy atom. The van der Waals surface area contributed by atoms with Gasteiger partial charge in [0, 0.05) is 31.5 Å². The molecule has 0 bridgehead atoms. The molecule has 11 nitrogen and oxygen atoms in total. The number of hydrogen-bond acceptors (Lipinski definition) is 7. The lowest BCUT2D eigenvalue weighted by atomic mass is 10.1. The SMILES string of the molecule is CC(=O)Nc1ccc(Oc2ccc(F)c(NC(=O)Nc3cc(C(C)C)nn3-c3ccc4nccnc4c3)c2)cn1. The zero-order valence-electron chi connectivity index (χ0n) is 21.8. The normalized spacial score (nSPS) is 10.9. The molecule has 3 amide bonds. The molecule has 0 saturated carbocycles. The Labute approximate surface area is 228 Å². The number of urea groups is 1. The van der Waals surface area contributed by atoms with Gasteiger partial charge in [0.25, 0.3) is 0 Å². The molecule has 5 rings (SSSR count). The molecule has 0 aliphatic carbocycles. The van der Waals surface area contributed by atoms with E-state index in [2.05, 4.69) is 36.0 Å². The van der Waals surface area contributed by atoms with E-state index in [1.165, 1.54) is 31.3 Å². The highest BCUT2D eigenvalue weighted by Gasteiger charge is 2.17. The molecule has 5 aromatic rings. The third-order valence-corrected chi connectivity index (χ3v) is 5.72. The van der Waals surface area contributed by atoms with E-state index in [-0.39, 0.29) is 23.3 Å². The van der Waals surface area contributed by atoms with Gasteiger partial charge >= 0.3 is 6.03 Å². The topological polar surface area (TPSA) is 136 Å². The first-order valence-corrected chi connectivity index (χ1v) is 12.4. The summed E-state index contributed by atoms with van der Waals surface area (Å²) in [4.78, 5) is 36.8. The summed E-state index contributed by atoms with van der Waals surface area (Å²) in [5.74, 6) is 0.599. The summed E-state index contributed by atoms with van der Waals surface area (Å²) in [5, 5.41) is 12.5. The Balaban J connectivity index is 1.34. The van der Waals surface area contributed by atoms with Crippen LogP contribution in [0.5, 0.6) is 11.5 Å². The molecule has 0 aliphatic rings. The minimum absolute atomic E-state index is 0.0889. The molecular weight excluding hydrogens is 515 g/mol. The molecule has 40 heavy (non-hydrogen) atoms. The molecule has 12 heteroatoms. The predicted octanol–water partition coefficient (Wildman–Crippen LogP) is 5.87. The second kappa shape index (κ2) is 11.2. The lowest BCUT2D eigenvalue weighted by Crippen LogP contribution is -2.22. The third-order valence-electron chi connectivity index (χ3n) is 5.72. The summed E-state index contributed by atoms with van der Waals surface area (Å²) in [7, 11) is 0. The second-order valence-corrected chi connectivity index (χ2v) is 9.13. The molecule has 202 valence electrons. The van der Waals surface area contributed by atoms with E-state index in [0.717, 1.165) is 11.2 Å². The minimum Gasteiger partial charge on any atom is -0.456 e. The first-order chi connectivity index (χ1) is 19.2. The van der Waals surface area contributed by atoms with Gasteiger partial charge < -0.3 is 15.4 Å². The van der Waals surface area contributed by atoms with Crippen LogP contribution in [0, 0.1) is 5.82 Å². The first-order valence-electron chi connectivity index (χ1n) is 12.4. The van der Waals surface area contributed by atoms with Gasteiger partial charge in [-0.2, -0.15) is 5.10 Å². The molecule has 0 unspecified atom stereocenters. The number of nitrogens with one attached hydrogen (secondary N) is 3. The van der Waals surface area contributed by atoms with E-state index in [1.54, 1.807) is 35.3 Å². The van der Waals surface area contributed by atoms with Gasteiger partial charge in [-0.25, -0.2) is 18.9 Å².